The van der Waals surface area contributed by atoms with E-state index in [0.29, 0.717) is 30.9 Å². The first-order valence-corrected chi connectivity index (χ1v) is 9.75. The van der Waals surface area contributed by atoms with E-state index < -0.39 is 21.7 Å². The van der Waals surface area contributed by atoms with E-state index in [0.717, 1.165) is 11.1 Å². The predicted molar refractivity (Wildman–Crippen MR) is 83.7 cm³/mol. The highest BCUT2D eigenvalue weighted by atomic mass is 32.2. The second-order valence-corrected chi connectivity index (χ2v) is 8.50. The molecule has 1 aromatic heterocycles. The fraction of sp³-hybridized carbons (Fsp3) is 0.429. The molecule has 0 bridgehead atoms. The lowest BCUT2D eigenvalue weighted by atomic mass is 9.99. The summed E-state index contributed by atoms with van der Waals surface area (Å²) >= 11 is 1.27. The van der Waals surface area contributed by atoms with Crippen LogP contribution in [0.2, 0.25) is 0 Å². The number of sulfonamides is 1. The van der Waals surface area contributed by atoms with E-state index in [4.69, 9.17) is 0 Å². The van der Waals surface area contributed by atoms with Crippen LogP contribution in [0.5, 0.6) is 0 Å². The van der Waals surface area contributed by atoms with E-state index >= 15 is 0 Å². The predicted octanol–water partition coefficient (Wildman–Crippen LogP) is 2.62. The molecule has 1 saturated heterocycles. The molecule has 2 aromatic rings. The number of hydrogen-bond acceptors (Lipinski definition) is 5. The van der Waals surface area contributed by atoms with Crippen molar-refractivity contribution >= 4 is 21.4 Å². The smallest absolute Gasteiger partial charge is 0.211 e. The molecular formula is C14H15F2N3O2S2. The lowest BCUT2D eigenvalue weighted by molar-refractivity contribution is 0.320. The average molecular weight is 359 g/mol. The maximum Gasteiger partial charge on any atom is 0.211 e. The van der Waals surface area contributed by atoms with Gasteiger partial charge in [0.05, 0.1) is 6.26 Å². The van der Waals surface area contributed by atoms with Crippen LogP contribution in [0.4, 0.5) is 8.78 Å². The molecule has 1 fully saturated rings. The molecule has 5 nitrogen and oxygen atoms in total. The van der Waals surface area contributed by atoms with Gasteiger partial charge in [0, 0.05) is 30.6 Å². The lowest BCUT2D eigenvalue weighted by Crippen LogP contribution is -2.37. The number of hydrogen-bond donors (Lipinski definition) is 0. The zero-order valence-electron chi connectivity index (χ0n) is 12.4. The van der Waals surface area contributed by atoms with E-state index in [-0.39, 0.29) is 11.5 Å². The first-order valence-electron chi connectivity index (χ1n) is 7.08. The van der Waals surface area contributed by atoms with Crippen molar-refractivity contribution in [2.24, 2.45) is 0 Å². The number of piperidine rings is 1. The Morgan fingerprint density at radius 1 is 1.22 bits per heavy atom. The van der Waals surface area contributed by atoms with Crippen molar-refractivity contribution in [3.63, 3.8) is 0 Å². The summed E-state index contributed by atoms with van der Waals surface area (Å²) in [5, 5.41) is 9.27. The van der Waals surface area contributed by atoms with Gasteiger partial charge in [-0.25, -0.2) is 21.5 Å². The largest absolute Gasteiger partial charge is 0.213 e. The fourth-order valence-corrected chi connectivity index (χ4v) is 4.52. The van der Waals surface area contributed by atoms with E-state index in [1.807, 2.05) is 0 Å². The van der Waals surface area contributed by atoms with Crippen molar-refractivity contribution in [3.8, 4) is 10.6 Å². The summed E-state index contributed by atoms with van der Waals surface area (Å²) in [4.78, 5) is 0. The van der Waals surface area contributed by atoms with Gasteiger partial charge in [0.1, 0.15) is 16.6 Å². The highest BCUT2D eigenvalue weighted by Crippen LogP contribution is 2.34. The second kappa shape index (κ2) is 6.21. The van der Waals surface area contributed by atoms with Gasteiger partial charge in [-0.3, -0.25) is 0 Å². The third-order valence-electron chi connectivity index (χ3n) is 3.87. The normalized spacial score (nSPS) is 17.5. The maximum atomic E-state index is 13.8. The molecule has 1 aliphatic rings. The van der Waals surface area contributed by atoms with Gasteiger partial charge in [0.25, 0.3) is 0 Å². The molecule has 0 saturated carbocycles. The van der Waals surface area contributed by atoms with Crippen molar-refractivity contribution in [1.82, 2.24) is 14.5 Å². The summed E-state index contributed by atoms with van der Waals surface area (Å²) < 4.78 is 51.2. The molecule has 9 heteroatoms. The van der Waals surface area contributed by atoms with Crippen LogP contribution in [-0.2, 0) is 10.0 Å². The monoisotopic (exact) mass is 359 g/mol. The van der Waals surface area contributed by atoms with Crippen LogP contribution in [0.3, 0.4) is 0 Å². The number of halogens is 2. The molecule has 2 heterocycles. The van der Waals surface area contributed by atoms with Gasteiger partial charge in [-0.1, -0.05) is 11.3 Å². The van der Waals surface area contributed by atoms with Crippen molar-refractivity contribution in [3.05, 3.63) is 34.8 Å². The van der Waals surface area contributed by atoms with E-state index in [2.05, 4.69) is 10.2 Å². The quantitative estimate of drug-likeness (QED) is 0.845. The van der Waals surface area contributed by atoms with Crippen LogP contribution in [-0.4, -0.2) is 42.3 Å². The Labute approximate surface area is 137 Å². The van der Waals surface area contributed by atoms with Crippen molar-refractivity contribution in [2.45, 2.75) is 18.8 Å². The van der Waals surface area contributed by atoms with Crippen molar-refractivity contribution in [2.75, 3.05) is 19.3 Å². The van der Waals surface area contributed by atoms with Crippen LogP contribution < -0.4 is 0 Å². The van der Waals surface area contributed by atoms with Gasteiger partial charge in [-0.15, -0.1) is 10.2 Å². The first kappa shape index (κ1) is 16.4. The molecule has 1 aliphatic heterocycles. The van der Waals surface area contributed by atoms with Crippen molar-refractivity contribution < 1.29 is 17.2 Å². The summed E-state index contributed by atoms with van der Waals surface area (Å²) in [6.07, 6.45) is 2.52. The minimum absolute atomic E-state index is 0.114. The summed E-state index contributed by atoms with van der Waals surface area (Å²) in [6, 6.07) is 3.35. The van der Waals surface area contributed by atoms with Crippen LogP contribution >= 0.6 is 11.3 Å². The third-order valence-corrected chi connectivity index (χ3v) is 6.30. The van der Waals surface area contributed by atoms with E-state index in [1.54, 1.807) is 0 Å². The SMILES string of the molecule is CS(=O)(=O)N1CCC(c2nnc(-c3ccc(F)cc3F)s2)CC1. The zero-order chi connectivity index (χ0) is 16.6. The summed E-state index contributed by atoms with van der Waals surface area (Å²) in [7, 11) is -3.16. The third kappa shape index (κ3) is 3.56. The highest BCUT2D eigenvalue weighted by Gasteiger charge is 2.28. The number of aromatic nitrogens is 2. The Bertz CT molecular complexity index is 815. The summed E-state index contributed by atoms with van der Waals surface area (Å²) in [6.45, 7) is 0.895. The summed E-state index contributed by atoms with van der Waals surface area (Å²) in [5.74, 6) is -1.19. The molecule has 23 heavy (non-hydrogen) atoms. The molecule has 0 radical (unpaired) electrons. The Morgan fingerprint density at radius 2 is 1.91 bits per heavy atom. The minimum atomic E-state index is -3.16. The molecule has 0 N–H and O–H groups in total. The molecule has 0 amide bonds. The van der Waals surface area contributed by atoms with Gasteiger partial charge in [-0.2, -0.15) is 0 Å². The van der Waals surface area contributed by atoms with Crippen LogP contribution in [0.15, 0.2) is 18.2 Å². The molecule has 0 spiro atoms. The van der Waals surface area contributed by atoms with Gasteiger partial charge in [0.2, 0.25) is 10.0 Å². The van der Waals surface area contributed by atoms with E-state index in [9.17, 15) is 17.2 Å². The van der Waals surface area contributed by atoms with Crippen LogP contribution in [0, 0.1) is 11.6 Å². The number of nitrogens with zero attached hydrogens (tertiary/aromatic N) is 3. The standard InChI is InChI=1S/C14H15F2N3O2S2/c1-23(20,21)19-6-4-9(5-7-19)13-17-18-14(22-13)11-3-2-10(15)8-12(11)16/h2-3,8-9H,4-7H2,1H3. The minimum Gasteiger partial charge on any atom is -0.213 e. The van der Waals surface area contributed by atoms with Gasteiger partial charge >= 0.3 is 0 Å². The fourth-order valence-electron chi connectivity index (χ4n) is 2.61. The molecular weight excluding hydrogens is 344 g/mol. The van der Waals surface area contributed by atoms with Gasteiger partial charge in [-0.05, 0) is 25.0 Å². The molecule has 0 unspecified atom stereocenters. The van der Waals surface area contributed by atoms with Gasteiger partial charge in [0.15, 0.2) is 5.01 Å². The topological polar surface area (TPSA) is 63.2 Å². The van der Waals surface area contributed by atoms with Gasteiger partial charge < -0.3 is 0 Å². The van der Waals surface area contributed by atoms with Crippen LogP contribution in [0.25, 0.3) is 10.6 Å². The maximum absolute atomic E-state index is 13.8. The van der Waals surface area contributed by atoms with Crippen molar-refractivity contribution in [1.29, 1.82) is 0 Å². The Kier molecular flexibility index (Phi) is 4.43. The number of rotatable bonds is 3. The Morgan fingerprint density at radius 3 is 2.52 bits per heavy atom. The highest BCUT2D eigenvalue weighted by molar-refractivity contribution is 7.88. The molecule has 0 atom stereocenters. The molecule has 3 rings (SSSR count). The van der Waals surface area contributed by atoms with Crippen LogP contribution in [0.1, 0.15) is 23.8 Å². The molecule has 0 aliphatic carbocycles. The Hall–Kier alpha value is -1.45. The van der Waals surface area contributed by atoms with E-state index in [1.165, 1.54) is 34.0 Å². The molecule has 124 valence electrons. The zero-order valence-corrected chi connectivity index (χ0v) is 14.0. The molecule has 1 aromatic carbocycles. The Balaban J connectivity index is 1.76. The number of benzene rings is 1. The lowest BCUT2D eigenvalue weighted by Gasteiger charge is -2.28. The second-order valence-electron chi connectivity index (χ2n) is 5.51. The average Bonchev–Trinajstić information content (AvgIpc) is 2.96. The first-order chi connectivity index (χ1) is 10.8. The summed E-state index contributed by atoms with van der Waals surface area (Å²) in [5.41, 5.74) is 0.226.